The molecule has 0 aromatic heterocycles. The van der Waals surface area contributed by atoms with Crippen LogP contribution < -0.4 is 11.1 Å². The van der Waals surface area contributed by atoms with Gasteiger partial charge in [0.25, 0.3) is 5.91 Å². The highest BCUT2D eigenvalue weighted by atomic mass is 35.5. The van der Waals surface area contributed by atoms with Crippen molar-refractivity contribution in [1.29, 1.82) is 0 Å². The molecule has 2 amide bonds. The number of carbonyl (C=O) groups excluding carboxylic acids is 2. The Hall–Kier alpha value is -2.48. The van der Waals surface area contributed by atoms with E-state index in [1.54, 1.807) is 11.0 Å². The van der Waals surface area contributed by atoms with Gasteiger partial charge in [0.1, 0.15) is 5.82 Å². The van der Waals surface area contributed by atoms with Gasteiger partial charge < -0.3 is 20.9 Å². The minimum atomic E-state index is -0.577. The summed E-state index contributed by atoms with van der Waals surface area (Å²) in [5, 5.41) is 3.30. The maximum atomic E-state index is 14.2. The number of rotatable bonds is 8. The summed E-state index contributed by atoms with van der Waals surface area (Å²) in [7, 11) is 0. The fraction of sp³-hybridized carbons (Fsp3) is 0.481. The predicted molar refractivity (Wildman–Crippen MR) is 135 cm³/mol. The standard InChI is InChI=1S/C27H34ClFN4O2/c1-17(2)25(30)26(34)31-23(18-7-4-3-5-8-18)11-12-32-13-19-15-33(16-20(19)14-32)27(35)24-21(28)9-6-10-22(24)29/h3-10,17,19-20,23,25H,11-16,30H2,1-2H3,(H,31,34)/t19?,20?,23-,25-/m0/s1. The largest absolute Gasteiger partial charge is 0.348 e. The number of halogens is 2. The Balaban J connectivity index is 1.34. The van der Waals surface area contributed by atoms with Crippen LogP contribution in [-0.2, 0) is 4.79 Å². The van der Waals surface area contributed by atoms with Crippen molar-refractivity contribution in [3.63, 3.8) is 0 Å². The van der Waals surface area contributed by atoms with Crippen molar-refractivity contribution < 1.29 is 14.0 Å². The van der Waals surface area contributed by atoms with Gasteiger partial charge >= 0.3 is 0 Å². The number of hydrogen-bond acceptors (Lipinski definition) is 4. The van der Waals surface area contributed by atoms with Crippen LogP contribution in [0, 0.1) is 23.6 Å². The van der Waals surface area contributed by atoms with Crippen LogP contribution in [0.5, 0.6) is 0 Å². The molecule has 2 saturated heterocycles. The first-order valence-corrected chi connectivity index (χ1v) is 12.7. The van der Waals surface area contributed by atoms with Gasteiger partial charge in [-0.2, -0.15) is 0 Å². The SMILES string of the molecule is CC(C)[C@H](N)C(=O)N[C@@H](CCN1CC2CN(C(=O)c3c(F)cccc3Cl)CC2C1)c1ccccc1. The third kappa shape index (κ3) is 5.85. The zero-order chi connectivity index (χ0) is 25.1. The average Bonchev–Trinajstić information content (AvgIpc) is 3.40. The van der Waals surface area contributed by atoms with Crippen LogP contribution in [0.4, 0.5) is 4.39 Å². The van der Waals surface area contributed by atoms with Gasteiger partial charge in [0.15, 0.2) is 0 Å². The average molecular weight is 501 g/mol. The van der Waals surface area contributed by atoms with Crippen LogP contribution >= 0.6 is 11.6 Å². The minimum absolute atomic E-state index is 0.0351. The Morgan fingerprint density at radius 1 is 1.06 bits per heavy atom. The van der Waals surface area contributed by atoms with Crippen molar-refractivity contribution in [2.45, 2.75) is 32.4 Å². The summed E-state index contributed by atoms with van der Waals surface area (Å²) in [6, 6.07) is 13.6. The van der Waals surface area contributed by atoms with E-state index in [9.17, 15) is 14.0 Å². The molecule has 2 aromatic rings. The smallest absolute Gasteiger partial charge is 0.258 e. The normalized spacial score (nSPS) is 21.7. The molecule has 0 spiro atoms. The second kappa shape index (κ2) is 11.1. The Morgan fingerprint density at radius 3 is 2.31 bits per heavy atom. The van der Waals surface area contributed by atoms with Crippen molar-refractivity contribution in [2.24, 2.45) is 23.5 Å². The zero-order valence-electron chi connectivity index (χ0n) is 20.3. The molecule has 8 heteroatoms. The number of carbonyl (C=O) groups is 2. The molecule has 6 nitrogen and oxygen atoms in total. The van der Waals surface area contributed by atoms with Gasteiger partial charge in [-0.05, 0) is 41.9 Å². The van der Waals surface area contributed by atoms with E-state index >= 15 is 0 Å². The van der Waals surface area contributed by atoms with Crippen molar-refractivity contribution in [1.82, 2.24) is 15.1 Å². The number of amides is 2. The number of nitrogens with one attached hydrogen (secondary N) is 1. The summed E-state index contributed by atoms with van der Waals surface area (Å²) in [6.45, 7) is 7.68. The number of fused-ring (bicyclic) bond motifs is 1. The predicted octanol–water partition coefficient (Wildman–Crippen LogP) is 3.71. The third-order valence-corrected chi connectivity index (χ3v) is 7.61. The molecule has 2 fully saturated rings. The second-order valence-electron chi connectivity index (χ2n) is 10.1. The molecule has 4 atom stereocenters. The van der Waals surface area contributed by atoms with Crippen molar-refractivity contribution in [3.05, 3.63) is 70.5 Å². The van der Waals surface area contributed by atoms with E-state index in [0.717, 1.165) is 31.6 Å². The summed E-state index contributed by atoms with van der Waals surface area (Å²) in [6.07, 6.45) is 0.771. The van der Waals surface area contributed by atoms with E-state index in [1.165, 1.54) is 12.1 Å². The molecular weight excluding hydrogens is 467 g/mol. The van der Waals surface area contributed by atoms with Gasteiger partial charge in [-0.3, -0.25) is 9.59 Å². The van der Waals surface area contributed by atoms with Gasteiger partial charge in [0.05, 0.1) is 22.7 Å². The summed E-state index contributed by atoms with van der Waals surface area (Å²) in [5.74, 6) is -0.274. The lowest BCUT2D eigenvalue weighted by Crippen LogP contribution is -2.45. The number of hydrogen-bond donors (Lipinski definition) is 2. The van der Waals surface area contributed by atoms with Crippen LogP contribution in [0.1, 0.15) is 42.2 Å². The summed E-state index contributed by atoms with van der Waals surface area (Å²) >= 11 is 6.11. The molecule has 35 heavy (non-hydrogen) atoms. The quantitative estimate of drug-likeness (QED) is 0.579. The molecule has 3 N–H and O–H groups in total. The highest BCUT2D eigenvalue weighted by Gasteiger charge is 2.42. The first-order valence-electron chi connectivity index (χ1n) is 12.3. The Morgan fingerprint density at radius 2 is 1.71 bits per heavy atom. The first-order chi connectivity index (χ1) is 16.7. The maximum absolute atomic E-state index is 14.2. The molecule has 0 bridgehead atoms. The van der Waals surface area contributed by atoms with E-state index < -0.39 is 11.9 Å². The molecule has 2 heterocycles. The van der Waals surface area contributed by atoms with E-state index in [0.29, 0.717) is 24.9 Å². The van der Waals surface area contributed by atoms with Gasteiger partial charge in [0, 0.05) is 32.7 Å². The minimum Gasteiger partial charge on any atom is -0.348 e. The molecule has 0 aliphatic carbocycles. The monoisotopic (exact) mass is 500 g/mol. The van der Waals surface area contributed by atoms with E-state index in [4.69, 9.17) is 17.3 Å². The molecule has 0 saturated carbocycles. The Kier molecular flexibility index (Phi) is 8.09. The van der Waals surface area contributed by atoms with Gasteiger partial charge in [-0.1, -0.05) is 61.8 Å². The summed E-state index contributed by atoms with van der Waals surface area (Å²) in [4.78, 5) is 29.7. The number of benzene rings is 2. The fourth-order valence-corrected chi connectivity index (χ4v) is 5.43. The van der Waals surface area contributed by atoms with Crippen molar-refractivity contribution in [2.75, 3.05) is 32.7 Å². The lowest BCUT2D eigenvalue weighted by Gasteiger charge is -2.26. The van der Waals surface area contributed by atoms with Crippen LogP contribution in [0.25, 0.3) is 0 Å². The van der Waals surface area contributed by atoms with Crippen molar-refractivity contribution in [3.8, 4) is 0 Å². The van der Waals surface area contributed by atoms with Gasteiger partial charge in [-0.15, -0.1) is 0 Å². The third-order valence-electron chi connectivity index (χ3n) is 7.30. The molecule has 2 unspecified atom stereocenters. The molecule has 2 aliphatic heterocycles. The van der Waals surface area contributed by atoms with Crippen LogP contribution in [0.3, 0.4) is 0 Å². The fourth-order valence-electron chi connectivity index (χ4n) is 5.19. The highest BCUT2D eigenvalue weighted by molar-refractivity contribution is 6.33. The topological polar surface area (TPSA) is 78.7 Å². The number of nitrogens with zero attached hydrogens (tertiary/aromatic N) is 2. The Labute approximate surface area is 211 Å². The second-order valence-corrected chi connectivity index (χ2v) is 10.5. The van der Waals surface area contributed by atoms with E-state index in [-0.39, 0.29) is 34.4 Å². The van der Waals surface area contributed by atoms with E-state index in [2.05, 4.69) is 10.2 Å². The molecule has 2 aromatic carbocycles. The van der Waals surface area contributed by atoms with E-state index in [1.807, 2.05) is 44.2 Å². The highest BCUT2D eigenvalue weighted by Crippen LogP contribution is 2.33. The van der Waals surface area contributed by atoms with Gasteiger partial charge in [0.2, 0.25) is 5.91 Å². The molecule has 4 rings (SSSR count). The summed E-state index contributed by atoms with van der Waals surface area (Å²) in [5.41, 5.74) is 7.11. The van der Waals surface area contributed by atoms with Crippen LogP contribution in [-0.4, -0.2) is 60.4 Å². The van der Waals surface area contributed by atoms with Crippen LogP contribution in [0.2, 0.25) is 5.02 Å². The lowest BCUT2D eigenvalue weighted by atomic mass is 10.0. The van der Waals surface area contributed by atoms with Crippen molar-refractivity contribution >= 4 is 23.4 Å². The summed E-state index contributed by atoms with van der Waals surface area (Å²) < 4.78 is 14.2. The Bertz CT molecular complexity index is 1020. The number of nitrogens with two attached hydrogens (primary N) is 1. The maximum Gasteiger partial charge on any atom is 0.258 e. The molecule has 0 radical (unpaired) electrons. The molecule has 188 valence electrons. The number of likely N-dealkylation sites (tertiary alicyclic amines) is 2. The molecule has 2 aliphatic rings. The van der Waals surface area contributed by atoms with Gasteiger partial charge in [-0.25, -0.2) is 4.39 Å². The lowest BCUT2D eigenvalue weighted by molar-refractivity contribution is -0.124. The first kappa shape index (κ1) is 25.6. The zero-order valence-corrected chi connectivity index (χ0v) is 21.0. The molecular formula is C27H34ClFN4O2. The van der Waals surface area contributed by atoms with Crippen LogP contribution in [0.15, 0.2) is 48.5 Å².